The molecule has 1 aromatic heterocycles. The zero-order valence-corrected chi connectivity index (χ0v) is 13.1. The standard InChI is InChI=1S/C15H14BrN3O2/c1-9-7-15(17-8-14(9)19(20)21)18-13-6-5-10-11(13)3-2-4-12(10)16/h2-4,7-8,13H,5-6H2,1H3,(H,17,18). The lowest BCUT2D eigenvalue weighted by molar-refractivity contribution is -0.385. The normalized spacial score (nSPS) is 16.6. The van der Waals surface area contributed by atoms with Crippen LogP contribution in [0.25, 0.3) is 0 Å². The van der Waals surface area contributed by atoms with Gasteiger partial charge in [-0.15, -0.1) is 0 Å². The van der Waals surface area contributed by atoms with Gasteiger partial charge in [0.15, 0.2) is 0 Å². The van der Waals surface area contributed by atoms with Gasteiger partial charge in [-0.25, -0.2) is 4.98 Å². The van der Waals surface area contributed by atoms with Gasteiger partial charge in [-0.2, -0.15) is 0 Å². The van der Waals surface area contributed by atoms with E-state index in [0.717, 1.165) is 17.3 Å². The number of rotatable bonds is 3. The fourth-order valence-electron chi connectivity index (χ4n) is 2.76. The monoisotopic (exact) mass is 347 g/mol. The highest BCUT2D eigenvalue weighted by molar-refractivity contribution is 9.10. The van der Waals surface area contributed by atoms with Crippen molar-refractivity contribution in [1.82, 2.24) is 4.98 Å². The van der Waals surface area contributed by atoms with E-state index in [1.807, 2.05) is 6.07 Å². The molecule has 1 unspecified atom stereocenters. The van der Waals surface area contributed by atoms with Crippen LogP contribution in [0.1, 0.15) is 29.2 Å². The molecule has 0 bridgehead atoms. The van der Waals surface area contributed by atoms with E-state index in [4.69, 9.17) is 0 Å². The Morgan fingerprint density at radius 2 is 2.29 bits per heavy atom. The molecule has 3 rings (SSSR count). The van der Waals surface area contributed by atoms with E-state index in [9.17, 15) is 10.1 Å². The molecular formula is C15H14BrN3O2. The highest BCUT2D eigenvalue weighted by Gasteiger charge is 2.24. The second kappa shape index (κ2) is 5.44. The largest absolute Gasteiger partial charge is 0.363 e. The number of fused-ring (bicyclic) bond motifs is 1. The van der Waals surface area contributed by atoms with Gasteiger partial charge in [-0.3, -0.25) is 10.1 Å². The number of hydrogen-bond donors (Lipinski definition) is 1. The van der Waals surface area contributed by atoms with Crippen molar-refractivity contribution in [3.8, 4) is 0 Å². The van der Waals surface area contributed by atoms with Crippen LogP contribution in [0.15, 0.2) is 34.9 Å². The molecule has 1 aliphatic rings. The van der Waals surface area contributed by atoms with Gasteiger partial charge < -0.3 is 5.32 Å². The van der Waals surface area contributed by atoms with Gasteiger partial charge in [0.05, 0.1) is 11.0 Å². The number of nitrogens with zero attached hydrogens (tertiary/aromatic N) is 2. The van der Waals surface area contributed by atoms with Crippen molar-refractivity contribution in [2.24, 2.45) is 0 Å². The maximum atomic E-state index is 10.8. The Balaban J connectivity index is 1.85. The highest BCUT2D eigenvalue weighted by Crippen LogP contribution is 2.37. The lowest BCUT2D eigenvalue weighted by Crippen LogP contribution is -2.09. The molecule has 1 heterocycles. The summed E-state index contributed by atoms with van der Waals surface area (Å²) in [5.74, 6) is 0.677. The van der Waals surface area contributed by atoms with Crippen LogP contribution >= 0.6 is 15.9 Å². The average molecular weight is 348 g/mol. The van der Waals surface area contributed by atoms with Gasteiger partial charge in [0.25, 0.3) is 5.69 Å². The van der Waals surface area contributed by atoms with Crippen LogP contribution in [-0.4, -0.2) is 9.91 Å². The Morgan fingerprint density at radius 1 is 1.48 bits per heavy atom. The van der Waals surface area contributed by atoms with Gasteiger partial charge in [-0.1, -0.05) is 28.1 Å². The van der Waals surface area contributed by atoms with Crippen LogP contribution < -0.4 is 5.32 Å². The molecule has 21 heavy (non-hydrogen) atoms. The van der Waals surface area contributed by atoms with Crippen molar-refractivity contribution in [3.05, 3.63) is 61.7 Å². The minimum Gasteiger partial charge on any atom is -0.363 e. The predicted octanol–water partition coefficient (Wildman–Crippen LogP) is 4.16. The van der Waals surface area contributed by atoms with Crippen molar-refractivity contribution >= 4 is 27.4 Å². The van der Waals surface area contributed by atoms with E-state index in [1.54, 1.807) is 13.0 Å². The molecule has 1 atom stereocenters. The molecule has 1 aliphatic carbocycles. The fourth-order valence-corrected chi connectivity index (χ4v) is 3.34. The molecule has 0 aliphatic heterocycles. The number of anilines is 1. The van der Waals surface area contributed by atoms with E-state index >= 15 is 0 Å². The van der Waals surface area contributed by atoms with Crippen LogP contribution in [0.5, 0.6) is 0 Å². The fraction of sp³-hybridized carbons (Fsp3) is 0.267. The summed E-state index contributed by atoms with van der Waals surface area (Å²) in [5.41, 5.74) is 3.26. The van der Waals surface area contributed by atoms with Crippen molar-refractivity contribution in [1.29, 1.82) is 0 Å². The van der Waals surface area contributed by atoms with Gasteiger partial charge >= 0.3 is 0 Å². The summed E-state index contributed by atoms with van der Waals surface area (Å²) < 4.78 is 1.14. The summed E-state index contributed by atoms with van der Waals surface area (Å²) >= 11 is 3.58. The zero-order valence-electron chi connectivity index (χ0n) is 11.5. The topological polar surface area (TPSA) is 68.1 Å². The number of aromatic nitrogens is 1. The molecule has 0 saturated heterocycles. The van der Waals surface area contributed by atoms with Crippen molar-refractivity contribution in [3.63, 3.8) is 0 Å². The summed E-state index contributed by atoms with van der Waals surface area (Å²) in [6.07, 6.45) is 3.32. The summed E-state index contributed by atoms with van der Waals surface area (Å²) in [6.45, 7) is 1.73. The minimum absolute atomic E-state index is 0.0510. The molecule has 0 fully saturated rings. The third-order valence-electron chi connectivity index (χ3n) is 3.82. The van der Waals surface area contributed by atoms with E-state index in [1.165, 1.54) is 17.3 Å². The molecule has 0 radical (unpaired) electrons. The van der Waals surface area contributed by atoms with Crippen LogP contribution in [0.3, 0.4) is 0 Å². The van der Waals surface area contributed by atoms with Crippen LogP contribution in [0.4, 0.5) is 11.5 Å². The summed E-state index contributed by atoms with van der Waals surface area (Å²) in [5, 5.41) is 14.2. The maximum Gasteiger partial charge on any atom is 0.290 e. The molecule has 0 amide bonds. The molecule has 1 aromatic carbocycles. The summed E-state index contributed by atoms with van der Waals surface area (Å²) in [6, 6.07) is 8.12. The predicted molar refractivity (Wildman–Crippen MR) is 84.5 cm³/mol. The lowest BCUT2D eigenvalue weighted by atomic mass is 10.1. The molecular weight excluding hydrogens is 334 g/mol. The first-order chi connectivity index (χ1) is 10.1. The van der Waals surface area contributed by atoms with Gasteiger partial charge in [0, 0.05) is 10.0 Å². The molecule has 5 nitrogen and oxygen atoms in total. The number of aryl methyl sites for hydroxylation is 1. The van der Waals surface area contributed by atoms with Crippen LogP contribution in [-0.2, 0) is 6.42 Å². The SMILES string of the molecule is Cc1cc(NC2CCc3c(Br)cccc32)ncc1[N+](=O)[O-]. The number of benzene rings is 1. The molecule has 0 spiro atoms. The molecule has 2 aromatic rings. The minimum atomic E-state index is -0.409. The smallest absolute Gasteiger partial charge is 0.290 e. The van der Waals surface area contributed by atoms with Crippen molar-refractivity contribution in [2.75, 3.05) is 5.32 Å². The summed E-state index contributed by atoms with van der Waals surface area (Å²) in [4.78, 5) is 14.6. The molecule has 6 heteroatoms. The Hall–Kier alpha value is -1.95. The maximum absolute atomic E-state index is 10.8. The Morgan fingerprint density at radius 3 is 3.00 bits per heavy atom. The second-order valence-corrected chi connectivity index (χ2v) is 6.01. The Bertz CT molecular complexity index is 718. The average Bonchev–Trinajstić information content (AvgIpc) is 2.83. The van der Waals surface area contributed by atoms with E-state index in [0.29, 0.717) is 11.4 Å². The quantitative estimate of drug-likeness (QED) is 0.668. The van der Waals surface area contributed by atoms with Gasteiger partial charge in [0.2, 0.25) is 0 Å². The molecule has 0 saturated carbocycles. The molecule has 1 N–H and O–H groups in total. The Kier molecular flexibility index (Phi) is 3.63. The first-order valence-electron chi connectivity index (χ1n) is 6.71. The number of nitro groups is 1. The van der Waals surface area contributed by atoms with Crippen molar-refractivity contribution < 1.29 is 4.92 Å². The van der Waals surface area contributed by atoms with Crippen LogP contribution in [0, 0.1) is 17.0 Å². The van der Waals surface area contributed by atoms with Gasteiger partial charge in [-0.05, 0) is 43.0 Å². The third-order valence-corrected chi connectivity index (χ3v) is 4.56. The number of hydrogen-bond acceptors (Lipinski definition) is 4. The van der Waals surface area contributed by atoms with E-state index in [-0.39, 0.29) is 11.7 Å². The second-order valence-electron chi connectivity index (χ2n) is 5.16. The lowest BCUT2D eigenvalue weighted by Gasteiger charge is -2.15. The van der Waals surface area contributed by atoms with Crippen LogP contribution in [0.2, 0.25) is 0 Å². The van der Waals surface area contributed by atoms with Crippen molar-refractivity contribution in [2.45, 2.75) is 25.8 Å². The highest BCUT2D eigenvalue weighted by atomic mass is 79.9. The number of halogens is 1. The van der Waals surface area contributed by atoms with E-state index in [2.05, 4.69) is 38.4 Å². The Labute approximate surface area is 130 Å². The van der Waals surface area contributed by atoms with Gasteiger partial charge in [0.1, 0.15) is 12.0 Å². The third kappa shape index (κ3) is 2.63. The first-order valence-corrected chi connectivity index (χ1v) is 7.50. The van der Waals surface area contributed by atoms with E-state index < -0.39 is 4.92 Å². The number of nitrogens with one attached hydrogen (secondary N) is 1. The summed E-state index contributed by atoms with van der Waals surface area (Å²) in [7, 11) is 0. The molecule has 108 valence electrons. The first kappa shape index (κ1) is 14.0. The zero-order chi connectivity index (χ0) is 15.0. The number of pyridine rings is 1.